The van der Waals surface area contributed by atoms with Crippen LogP contribution in [0.4, 0.5) is 23.4 Å². The molecule has 0 saturated carbocycles. The second-order valence-corrected chi connectivity index (χ2v) is 5.79. The zero-order valence-corrected chi connectivity index (χ0v) is 12.6. The Morgan fingerprint density at radius 2 is 1.86 bits per heavy atom. The number of anilines is 1. The maximum absolute atomic E-state index is 13.2. The summed E-state index contributed by atoms with van der Waals surface area (Å²) in [5, 5.41) is 3.28. The van der Waals surface area contributed by atoms with Gasteiger partial charge in [0.2, 0.25) is 11.6 Å². The Balaban J connectivity index is 0.00000176. The minimum absolute atomic E-state index is 0. The van der Waals surface area contributed by atoms with Gasteiger partial charge in [-0.3, -0.25) is 0 Å². The Bertz CT molecular complexity index is 531. The second-order valence-electron chi connectivity index (χ2n) is 5.79. The van der Waals surface area contributed by atoms with Gasteiger partial charge in [-0.25, -0.2) is 9.97 Å². The number of halogens is 5. The number of rotatable bonds is 1. The van der Waals surface area contributed by atoms with E-state index in [4.69, 9.17) is 0 Å². The van der Waals surface area contributed by atoms with E-state index in [-0.39, 0.29) is 23.6 Å². The van der Waals surface area contributed by atoms with Crippen molar-refractivity contribution in [3.63, 3.8) is 0 Å². The standard InChI is InChI=1S/C13H16F4N4.ClH/c14-11-10(13(15,16)17)20-9(7-19-11)21-6-3-12(8-21)1-4-18-5-2-12;/h7,18H,1-6,8H2;1H. The van der Waals surface area contributed by atoms with Gasteiger partial charge in [0.25, 0.3) is 0 Å². The molecule has 0 amide bonds. The summed E-state index contributed by atoms with van der Waals surface area (Å²) in [5.41, 5.74) is -1.40. The second kappa shape index (κ2) is 6.16. The van der Waals surface area contributed by atoms with Gasteiger partial charge >= 0.3 is 6.18 Å². The molecule has 0 aromatic carbocycles. The highest BCUT2D eigenvalue weighted by molar-refractivity contribution is 5.85. The fourth-order valence-corrected chi connectivity index (χ4v) is 3.19. The molecule has 2 saturated heterocycles. The van der Waals surface area contributed by atoms with Gasteiger partial charge in [-0.05, 0) is 37.8 Å². The van der Waals surface area contributed by atoms with Gasteiger partial charge in [-0.1, -0.05) is 0 Å². The third-order valence-corrected chi connectivity index (χ3v) is 4.41. The van der Waals surface area contributed by atoms with Crippen molar-refractivity contribution in [2.75, 3.05) is 31.1 Å². The van der Waals surface area contributed by atoms with Crippen LogP contribution in [0.5, 0.6) is 0 Å². The summed E-state index contributed by atoms with van der Waals surface area (Å²) in [5.74, 6) is -1.46. The molecule has 22 heavy (non-hydrogen) atoms. The number of hydrogen-bond donors (Lipinski definition) is 1. The van der Waals surface area contributed by atoms with E-state index < -0.39 is 17.8 Å². The van der Waals surface area contributed by atoms with Gasteiger partial charge in [0.05, 0.1) is 6.20 Å². The molecule has 0 aliphatic carbocycles. The highest BCUT2D eigenvalue weighted by Gasteiger charge is 2.41. The van der Waals surface area contributed by atoms with Gasteiger partial charge in [-0.15, -0.1) is 12.4 Å². The van der Waals surface area contributed by atoms with Crippen molar-refractivity contribution in [1.82, 2.24) is 15.3 Å². The van der Waals surface area contributed by atoms with E-state index in [2.05, 4.69) is 15.3 Å². The average molecular weight is 341 g/mol. The molecule has 124 valence electrons. The molecule has 0 atom stereocenters. The largest absolute Gasteiger partial charge is 0.438 e. The summed E-state index contributed by atoms with van der Waals surface area (Å²) < 4.78 is 51.3. The van der Waals surface area contributed by atoms with Crippen molar-refractivity contribution < 1.29 is 17.6 Å². The monoisotopic (exact) mass is 340 g/mol. The molecule has 9 heteroatoms. The van der Waals surface area contributed by atoms with E-state index >= 15 is 0 Å². The molecule has 1 N–H and O–H groups in total. The first-order chi connectivity index (χ1) is 9.90. The molecule has 4 nitrogen and oxygen atoms in total. The van der Waals surface area contributed by atoms with Crippen LogP contribution in [0, 0.1) is 11.4 Å². The molecular weight excluding hydrogens is 324 g/mol. The molecule has 2 aliphatic heterocycles. The molecule has 0 radical (unpaired) electrons. The first-order valence-corrected chi connectivity index (χ1v) is 6.95. The number of aromatic nitrogens is 2. The van der Waals surface area contributed by atoms with Crippen LogP contribution >= 0.6 is 12.4 Å². The maximum atomic E-state index is 13.2. The van der Waals surface area contributed by atoms with Crippen LogP contribution in [0.2, 0.25) is 0 Å². The lowest BCUT2D eigenvalue weighted by atomic mass is 9.78. The minimum atomic E-state index is -4.82. The Morgan fingerprint density at radius 1 is 1.18 bits per heavy atom. The SMILES string of the molecule is Cl.Fc1ncc(N2CCC3(CCNCC3)C2)nc1C(F)(F)F. The van der Waals surface area contributed by atoms with E-state index in [0.29, 0.717) is 13.1 Å². The van der Waals surface area contributed by atoms with Crippen molar-refractivity contribution in [3.05, 3.63) is 17.8 Å². The summed E-state index contributed by atoms with van der Waals surface area (Å²) in [4.78, 5) is 8.46. The lowest BCUT2D eigenvalue weighted by Crippen LogP contribution is -2.38. The van der Waals surface area contributed by atoms with Crippen molar-refractivity contribution in [2.45, 2.75) is 25.4 Å². The van der Waals surface area contributed by atoms with Crippen LogP contribution in [-0.2, 0) is 6.18 Å². The van der Waals surface area contributed by atoms with Crippen molar-refractivity contribution in [2.24, 2.45) is 5.41 Å². The van der Waals surface area contributed by atoms with Gasteiger partial charge in [0.15, 0.2) is 0 Å². The molecule has 1 spiro atoms. The topological polar surface area (TPSA) is 41.1 Å². The number of nitrogens with zero attached hydrogens (tertiary/aromatic N) is 3. The predicted octanol–water partition coefficient (Wildman–Crippen LogP) is 2.64. The molecular formula is C13H17ClF4N4. The number of nitrogens with one attached hydrogen (secondary N) is 1. The summed E-state index contributed by atoms with van der Waals surface area (Å²) in [6.07, 6.45) is -0.798. The maximum Gasteiger partial charge on any atom is 0.438 e. The van der Waals surface area contributed by atoms with Crippen LogP contribution in [-0.4, -0.2) is 36.1 Å². The zero-order valence-electron chi connectivity index (χ0n) is 11.8. The molecule has 0 bridgehead atoms. The molecule has 1 aromatic rings. The fourth-order valence-electron chi connectivity index (χ4n) is 3.19. The van der Waals surface area contributed by atoms with E-state index in [1.54, 1.807) is 4.90 Å². The number of alkyl halides is 3. The molecule has 2 fully saturated rings. The van der Waals surface area contributed by atoms with Gasteiger partial charge < -0.3 is 10.2 Å². The molecule has 1 aromatic heterocycles. The number of piperidine rings is 1. The van der Waals surface area contributed by atoms with Crippen LogP contribution in [0.25, 0.3) is 0 Å². The summed E-state index contributed by atoms with van der Waals surface area (Å²) in [7, 11) is 0. The molecule has 3 heterocycles. The fraction of sp³-hybridized carbons (Fsp3) is 0.692. The molecule has 2 aliphatic rings. The molecule has 3 rings (SSSR count). The zero-order chi connectivity index (χ0) is 15.1. The van der Waals surface area contributed by atoms with Gasteiger partial charge in [0, 0.05) is 13.1 Å². The minimum Gasteiger partial charge on any atom is -0.355 e. The van der Waals surface area contributed by atoms with Crippen LogP contribution in [0.3, 0.4) is 0 Å². The Labute approximate surface area is 131 Å². The first kappa shape index (κ1) is 17.2. The first-order valence-electron chi connectivity index (χ1n) is 6.95. The van der Waals surface area contributed by atoms with Crippen LogP contribution < -0.4 is 10.2 Å². The lowest BCUT2D eigenvalue weighted by Gasteiger charge is -2.33. The van der Waals surface area contributed by atoms with Crippen LogP contribution in [0.1, 0.15) is 25.0 Å². The number of hydrogen-bond acceptors (Lipinski definition) is 4. The third kappa shape index (κ3) is 3.27. The van der Waals surface area contributed by atoms with Crippen LogP contribution in [0.15, 0.2) is 6.20 Å². The normalized spacial score (nSPS) is 21.0. The van der Waals surface area contributed by atoms with Gasteiger partial charge in [-0.2, -0.15) is 17.6 Å². The average Bonchev–Trinajstić information content (AvgIpc) is 2.82. The Kier molecular flexibility index (Phi) is 4.81. The summed E-state index contributed by atoms with van der Waals surface area (Å²) in [6.45, 7) is 3.15. The molecule has 0 unspecified atom stereocenters. The van der Waals surface area contributed by atoms with E-state index in [9.17, 15) is 17.6 Å². The summed E-state index contributed by atoms with van der Waals surface area (Å²) >= 11 is 0. The van der Waals surface area contributed by atoms with E-state index in [1.165, 1.54) is 0 Å². The third-order valence-electron chi connectivity index (χ3n) is 4.41. The summed E-state index contributed by atoms with van der Waals surface area (Å²) in [6, 6.07) is 0. The highest BCUT2D eigenvalue weighted by Crippen LogP contribution is 2.40. The van der Waals surface area contributed by atoms with Crippen molar-refractivity contribution >= 4 is 18.2 Å². The van der Waals surface area contributed by atoms with Crippen molar-refractivity contribution in [1.29, 1.82) is 0 Å². The quantitative estimate of drug-likeness (QED) is 0.798. The predicted molar refractivity (Wildman–Crippen MR) is 75.6 cm³/mol. The smallest absolute Gasteiger partial charge is 0.355 e. The van der Waals surface area contributed by atoms with E-state index in [0.717, 1.165) is 38.5 Å². The lowest BCUT2D eigenvalue weighted by molar-refractivity contribution is -0.144. The Morgan fingerprint density at radius 3 is 2.50 bits per heavy atom. The van der Waals surface area contributed by atoms with Gasteiger partial charge in [0.1, 0.15) is 5.82 Å². The Hall–Kier alpha value is -1.15. The van der Waals surface area contributed by atoms with E-state index in [1.807, 2.05) is 0 Å². The van der Waals surface area contributed by atoms with Crippen molar-refractivity contribution in [3.8, 4) is 0 Å². The highest BCUT2D eigenvalue weighted by atomic mass is 35.5.